The van der Waals surface area contributed by atoms with Crippen molar-refractivity contribution in [1.29, 1.82) is 0 Å². The molecule has 1 N–H and O–H groups in total. The number of hydrogen-bond donors (Lipinski definition) is 1. The fraction of sp³-hybridized carbons (Fsp3) is 0.174. The summed E-state index contributed by atoms with van der Waals surface area (Å²) in [6, 6.07) is 38.1. The second-order valence-corrected chi connectivity index (χ2v) is 13.9. The monoisotopic (exact) mass is 710 g/mol. The van der Waals surface area contributed by atoms with Gasteiger partial charge in [-0.15, -0.1) is 0 Å². The van der Waals surface area contributed by atoms with Crippen molar-refractivity contribution in [2.45, 2.75) is 38.1 Å². The standard InChI is InChI=1S/C46H38N4O4/c1-53-35-14-6-9-28(25-35)37-27-41-44(42(43(37)46(51)52)32-17-19-38-29(23-32)11-8-22-47-38)49-45(50(41)34-12-4-3-5-13-34)33-18-21-40-31(24-33)16-20-39(48-40)30-10-7-15-36(26-30)54-2/h6-11,14-27,34H,3-5,12-13H2,1-2H3,(H,51,52). The van der Waals surface area contributed by atoms with E-state index < -0.39 is 5.97 Å². The molecule has 3 heterocycles. The van der Waals surface area contributed by atoms with Gasteiger partial charge in [0, 0.05) is 39.7 Å². The number of hydrogen-bond acceptors (Lipinski definition) is 6. The SMILES string of the molecule is COc1cccc(-c2ccc3cc(-c4nc5c(-c6ccc7ncccc7c6)c(C(=O)O)c(-c6cccc(OC)c6)cc5n4C4CCCCC4)ccc3n2)c1. The van der Waals surface area contributed by atoms with E-state index >= 15 is 0 Å². The van der Waals surface area contributed by atoms with E-state index in [2.05, 4.69) is 33.8 Å². The number of benzene rings is 5. The zero-order valence-electron chi connectivity index (χ0n) is 30.1. The molecular weight excluding hydrogens is 673 g/mol. The number of methoxy groups -OCH3 is 2. The number of ether oxygens (including phenoxy) is 2. The van der Waals surface area contributed by atoms with Gasteiger partial charge in [-0.2, -0.15) is 0 Å². The molecule has 0 saturated heterocycles. The van der Waals surface area contributed by atoms with E-state index in [4.69, 9.17) is 19.4 Å². The van der Waals surface area contributed by atoms with Crippen LogP contribution in [0.2, 0.25) is 0 Å². The molecule has 1 saturated carbocycles. The topological polar surface area (TPSA) is 99.4 Å². The first kappa shape index (κ1) is 33.3. The third-order valence-electron chi connectivity index (χ3n) is 10.7. The molecule has 9 rings (SSSR count). The summed E-state index contributed by atoms with van der Waals surface area (Å²) in [7, 11) is 3.29. The molecule has 0 radical (unpaired) electrons. The van der Waals surface area contributed by atoms with Crippen LogP contribution in [0, 0.1) is 0 Å². The van der Waals surface area contributed by atoms with Crippen LogP contribution in [0.3, 0.4) is 0 Å². The lowest BCUT2D eigenvalue weighted by Gasteiger charge is -2.26. The van der Waals surface area contributed by atoms with Gasteiger partial charge >= 0.3 is 5.97 Å². The lowest BCUT2D eigenvalue weighted by Crippen LogP contribution is -2.14. The molecule has 0 spiro atoms. The summed E-state index contributed by atoms with van der Waals surface area (Å²) in [5.74, 6) is 1.24. The van der Waals surface area contributed by atoms with Crippen LogP contribution in [0.15, 0.2) is 121 Å². The first-order chi connectivity index (χ1) is 26.5. The van der Waals surface area contributed by atoms with Crippen LogP contribution in [0.4, 0.5) is 0 Å². The number of carbonyl (C=O) groups is 1. The van der Waals surface area contributed by atoms with E-state index in [0.29, 0.717) is 22.4 Å². The molecule has 5 aromatic carbocycles. The molecule has 1 aliphatic rings. The minimum atomic E-state index is -1.02. The van der Waals surface area contributed by atoms with Crippen LogP contribution in [0.5, 0.6) is 11.5 Å². The predicted octanol–water partition coefficient (Wildman–Crippen LogP) is 11.0. The fourth-order valence-electron chi connectivity index (χ4n) is 8.10. The molecule has 0 aliphatic heterocycles. The first-order valence-electron chi connectivity index (χ1n) is 18.4. The van der Waals surface area contributed by atoms with E-state index in [1.807, 2.05) is 91.0 Å². The maximum Gasteiger partial charge on any atom is 0.337 e. The molecule has 8 aromatic rings. The van der Waals surface area contributed by atoms with Crippen molar-refractivity contribution in [3.63, 3.8) is 0 Å². The van der Waals surface area contributed by atoms with Crippen molar-refractivity contribution < 1.29 is 19.4 Å². The zero-order chi connectivity index (χ0) is 36.8. The van der Waals surface area contributed by atoms with E-state index in [9.17, 15) is 9.90 Å². The molecule has 0 bridgehead atoms. The number of pyridine rings is 2. The van der Waals surface area contributed by atoms with Crippen molar-refractivity contribution in [2.75, 3.05) is 14.2 Å². The van der Waals surface area contributed by atoms with Crippen molar-refractivity contribution in [3.8, 4) is 56.4 Å². The number of imidazole rings is 1. The van der Waals surface area contributed by atoms with Gasteiger partial charge in [-0.3, -0.25) is 4.98 Å². The number of carboxylic acid groups (broad SMARTS) is 1. The summed E-state index contributed by atoms with van der Waals surface area (Å²) >= 11 is 0. The van der Waals surface area contributed by atoms with Gasteiger partial charge in [-0.05, 0) is 102 Å². The van der Waals surface area contributed by atoms with Crippen LogP contribution in [0.1, 0.15) is 48.5 Å². The van der Waals surface area contributed by atoms with Gasteiger partial charge < -0.3 is 19.1 Å². The lowest BCUT2D eigenvalue weighted by molar-refractivity contribution is 0.0698. The fourth-order valence-corrected chi connectivity index (χ4v) is 8.10. The Kier molecular flexibility index (Phi) is 8.50. The summed E-state index contributed by atoms with van der Waals surface area (Å²) < 4.78 is 13.4. The zero-order valence-corrected chi connectivity index (χ0v) is 30.1. The average Bonchev–Trinajstić information content (AvgIpc) is 3.62. The van der Waals surface area contributed by atoms with Crippen molar-refractivity contribution in [1.82, 2.24) is 19.5 Å². The third kappa shape index (κ3) is 5.90. The molecule has 1 fully saturated rings. The van der Waals surface area contributed by atoms with Crippen LogP contribution < -0.4 is 9.47 Å². The van der Waals surface area contributed by atoms with E-state index in [1.54, 1.807) is 20.4 Å². The van der Waals surface area contributed by atoms with Crippen LogP contribution >= 0.6 is 0 Å². The second-order valence-electron chi connectivity index (χ2n) is 13.9. The smallest absolute Gasteiger partial charge is 0.337 e. The number of fused-ring (bicyclic) bond motifs is 3. The average molecular weight is 711 g/mol. The minimum Gasteiger partial charge on any atom is -0.497 e. The highest BCUT2D eigenvalue weighted by Crippen LogP contribution is 2.44. The molecule has 0 atom stereocenters. The highest BCUT2D eigenvalue weighted by molar-refractivity contribution is 6.12. The molecule has 266 valence electrons. The molecule has 0 unspecified atom stereocenters. The van der Waals surface area contributed by atoms with Crippen molar-refractivity contribution in [3.05, 3.63) is 127 Å². The summed E-state index contributed by atoms with van der Waals surface area (Å²) in [6.45, 7) is 0. The van der Waals surface area contributed by atoms with Crippen molar-refractivity contribution in [2.24, 2.45) is 0 Å². The van der Waals surface area contributed by atoms with Crippen LogP contribution in [-0.2, 0) is 0 Å². The number of nitrogens with zero attached hydrogens (tertiary/aromatic N) is 4. The number of rotatable bonds is 8. The highest BCUT2D eigenvalue weighted by atomic mass is 16.5. The molecule has 3 aromatic heterocycles. The van der Waals surface area contributed by atoms with Gasteiger partial charge in [0.05, 0.1) is 47.5 Å². The lowest BCUT2D eigenvalue weighted by atomic mass is 9.89. The Bertz CT molecular complexity index is 2730. The predicted molar refractivity (Wildman–Crippen MR) is 214 cm³/mol. The van der Waals surface area contributed by atoms with Gasteiger partial charge in [0.2, 0.25) is 0 Å². The Labute approximate surface area is 312 Å². The normalized spacial score (nSPS) is 13.4. The summed E-state index contributed by atoms with van der Waals surface area (Å²) in [4.78, 5) is 28.5. The maximum atomic E-state index is 13.5. The maximum absolute atomic E-state index is 13.5. The Morgan fingerprint density at radius 2 is 1.39 bits per heavy atom. The molecule has 1 aliphatic carbocycles. The van der Waals surface area contributed by atoms with Gasteiger partial charge in [-0.25, -0.2) is 14.8 Å². The van der Waals surface area contributed by atoms with Crippen molar-refractivity contribution >= 4 is 38.8 Å². The Hall–Kier alpha value is -6.54. The summed E-state index contributed by atoms with van der Waals surface area (Å²) in [5.41, 5.74) is 9.03. The minimum absolute atomic E-state index is 0.200. The quantitative estimate of drug-likeness (QED) is 0.168. The summed E-state index contributed by atoms with van der Waals surface area (Å²) in [6.07, 6.45) is 7.25. The first-order valence-corrected chi connectivity index (χ1v) is 18.4. The third-order valence-corrected chi connectivity index (χ3v) is 10.7. The van der Waals surface area contributed by atoms with Crippen LogP contribution in [-0.4, -0.2) is 44.8 Å². The highest BCUT2D eigenvalue weighted by Gasteiger charge is 2.29. The van der Waals surface area contributed by atoms with E-state index in [0.717, 1.165) is 92.5 Å². The Balaban J connectivity index is 1.32. The number of carboxylic acids is 1. The second kappa shape index (κ2) is 13.8. The molecule has 8 nitrogen and oxygen atoms in total. The molecule has 54 heavy (non-hydrogen) atoms. The largest absolute Gasteiger partial charge is 0.497 e. The van der Waals surface area contributed by atoms with Crippen LogP contribution in [0.25, 0.3) is 77.7 Å². The Morgan fingerprint density at radius 3 is 2.17 bits per heavy atom. The molecular formula is C46H38N4O4. The number of aromatic nitrogens is 4. The van der Waals surface area contributed by atoms with E-state index in [-0.39, 0.29) is 11.6 Å². The molecule has 8 heteroatoms. The van der Waals surface area contributed by atoms with Gasteiger partial charge in [-0.1, -0.05) is 61.7 Å². The van der Waals surface area contributed by atoms with Gasteiger partial charge in [0.15, 0.2) is 0 Å². The Morgan fingerprint density at radius 1 is 0.685 bits per heavy atom. The van der Waals surface area contributed by atoms with Gasteiger partial charge in [0.25, 0.3) is 0 Å². The van der Waals surface area contributed by atoms with E-state index in [1.165, 1.54) is 6.42 Å². The molecule has 0 amide bonds. The number of aromatic carboxylic acids is 1. The van der Waals surface area contributed by atoms with Gasteiger partial charge in [0.1, 0.15) is 17.3 Å². The summed E-state index contributed by atoms with van der Waals surface area (Å²) in [5, 5.41) is 13.0.